The molecule has 0 radical (unpaired) electrons. The molecule has 1 atom stereocenters. The molecule has 1 unspecified atom stereocenters. The first-order chi connectivity index (χ1) is 11.6. The number of amides is 1. The second-order valence-corrected chi connectivity index (χ2v) is 5.66. The maximum atomic E-state index is 13.7. The summed E-state index contributed by atoms with van der Waals surface area (Å²) in [5, 5.41) is 4.71. The zero-order valence-electron chi connectivity index (χ0n) is 13.5. The molecule has 3 aromatic carbocycles. The van der Waals surface area contributed by atoms with Gasteiger partial charge in [0, 0.05) is 0 Å². The summed E-state index contributed by atoms with van der Waals surface area (Å²) in [5.41, 5.74) is 1.07. The number of ether oxygens (including phenoxy) is 1. The van der Waals surface area contributed by atoms with Crippen LogP contribution in [-0.4, -0.2) is 13.0 Å². The third-order valence-electron chi connectivity index (χ3n) is 4.10. The van der Waals surface area contributed by atoms with Crippen molar-refractivity contribution in [2.24, 2.45) is 0 Å². The molecule has 0 fully saturated rings. The highest BCUT2D eigenvalue weighted by Crippen LogP contribution is 2.26. The van der Waals surface area contributed by atoms with E-state index in [0.29, 0.717) is 0 Å². The van der Waals surface area contributed by atoms with Crippen LogP contribution < -0.4 is 10.1 Å². The molecule has 0 bridgehead atoms. The Hall–Kier alpha value is -2.88. The molecular formula is C20H18FNO2. The van der Waals surface area contributed by atoms with Gasteiger partial charge in [-0.3, -0.25) is 4.79 Å². The van der Waals surface area contributed by atoms with E-state index in [9.17, 15) is 9.18 Å². The van der Waals surface area contributed by atoms with Crippen LogP contribution in [0.4, 0.5) is 10.1 Å². The van der Waals surface area contributed by atoms with Gasteiger partial charge in [-0.15, -0.1) is 0 Å². The predicted molar refractivity (Wildman–Crippen MR) is 93.9 cm³/mol. The van der Waals surface area contributed by atoms with Gasteiger partial charge in [-0.2, -0.15) is 0 Å². The monoisotopic (exact) mass is 323 g/mol. The molecule has 3 aromatic rings. The van der Waals surface area contributed by atoms with Crippen LogP contribution in [0.2, 0.25) is 0 Å². The molecule has 1 N–H and O–H groups in total. The fourth-order valence-corrected chi connectivity index (χ4v) is 2.59. The summed E-state index contributed by atoms with van der Waals surface area (Å²) in [6.07, 6.45) is 0. The minimum absolute atomic E-state index is 0.194. The van der Waals surface area contributed by atoms with Crippen molar-refractivity contribution in [1.82, 2.24) is 0 Å². The number of rotatable bonds is 4. The lowest BCUT2D eigenvalue weighted by atomic mass is 9.97. The SMILES string of the molecule is COc1ccc2cc(C(C)C(=O)Nc3ccccc3F)ccc2c1. The van der Waals surface area contributed by atoms with E-state index >= 15 is 0 Å². The second kappa shape index (κ2) is 6.71. The van der Waals surface area contributed by atoms with Gasteiger partial charge in [0.05, 0.1) is 18.7 Å². The van der Waals surface area contributed by atoms with Gasteiger partial charge in [0.25, 0.3) is 0 Å². The summed E-state index contributed by atoms with van der Waals surface area (Å²) in [6, 6.07) is 17.8. The Labute approximate surface area is 140 Å². The highest BCUT2D eigenvalue weighted by molar-refractivity contribution is 5.96. The molecular weight excluding hydrogens is 305 g/mol. The van der Waals surface area contributed by atoms with E-state index in [2.05, 4.69) is 5.32 Å². The molecule has 0 aromatic heterocycles. The fourth-order valence-electron chi connectivity index (χ4n) is 2.59. The zero-order valence-corrected chi connectivity index (χ0v) is 13.5. The standard InChI is InChI=1S/C20H18FNO2/c1-13(20(23)22-19-6-4-3-5-18(19)21)14-7-8-16-12-17(24-2)10-9-15(16)11-14/h3-13H,1-2H3,(H,22,23). The van der Waals surface area contributed by atoms with Crippen molar-refractivity contribution < 1.29 is 13.9 Å². The third-order valence-corrected chi connectivity index (χ3v) is 4.10. The van der Waals surface area contributed by atoms with Gasteiger partial charge in [0.1, 0.15) is 11.6 Å². The number of anilines is 1. The molecule has 0 aliphatic heterocycles. The molecule has 0 aliphatic rings. The number of para-hydroxylation sites is 1. The highest BCUT2D eigenvalue weighted by atomic mass is 19.1. The van der Waals surface area contributed by atoms with Gasteiger partial charge < -0.3 is 10.1 Å². The Morgan fingerprint density at radius 2 is 1.75 bits per heavy atom. The van der Waals surface area contributed by atoms with Crippen molar-refractivity contribution in [3.05, 3.63) is 72.0 Å². The number of hydrogen-bond donors (Lipinski definition) is 1. The van der Waals surface area contributed by atoms with Crippen LogP contribution in [0, 0.1) is 5.82 Å². The van der Waals surface area contributed by atoms with Crippen molar-refractivity contribution in [3.63, 3.8) is 0 Å². The number of carbonyl (C=O) groups excluding carboxylic acids is 1. The van der Waals surface area contributed by atoms with Crippen LogP contribution in [0.15, 0.2) is 60.7 Å². The van der Waals surface area contributed by atoms with Gasteiger partial charge in [0.15, 0.2) is 0 Å². The molecule has 0 aliphatic carbocycles. The van der Waals surface area contributed by atoms with E-state index in [0.717, 1.165) is 22.1 Å². The highest BCUT2D eigenvalue weighted by Gasteiger charge is 2.17. The summed E-state index contributed by atoms with van der Waals surface area (Å²) in [7, 11) is 1.63. The summed E-state index contributed by atoms with van der Waals surface area (Å²) >= 11 is 0. The van der Waals surface area contributed by atoms with E-state index in [-0.39, 0.29) is 11.6 Å². The number of hydrogen-bond acceptors (Lipinski definition) is 2. The molecule has 0 saturated heterocycles. The van der Waals surface area contributed by atoms with Crippen LogP contribution in [0.25, 0.3) is 10.8 Å². The van der Waals surface area contributed by atoms with Crippen LogP contribution >= 0.6 is 0 Å². The summed E-state index contributed by atoms with van der Waals surface area (Å²) in [4.78, 5) is 12.4. The normalized spacial score (nSPS) is 12.0. The predicted octanol–water partition coefficient (Wildman–Crippen LogP) is 4.73. The van der Waals surface area contributed by atoms with Gasteiger partial charge in [-0.25, -0.2) is 4.39 Å². The first-order valence-electron chi connectivity index (χ1n) is 7.71. The molecule has 3 nitrogen and oxygen atoms in total. The summed E-state index contributed by atoms with van der Waals surface area (Å²) in [5.74, 6) is -0.284. The second-order valence-electron chi connectivity index (χ2n) is 5.66. The minimum Gasteiger partial charge on any atom is -0.497 e. The minimum atomic E-state index is -0.441. The number of benzene rings is 3. The number of methoxy groups -OCH3 is 1. The Morgan fingerprint density at radius 3 is 2.50 bits per heavy atom. The maximum Gasteiger partial charge on any atom is 0.231 e. The Balaban J connectivity index is 1.83. The molecule has 0 heterocycles. The lowest BCUT2D eigenvalue weighted by Gasteiger charge is -2.14. The summed E-state index contributed by atoms with van der Waals surface area (Å²) < 4.78 is 18.9. The van der Waals surface area contributed by atoms with Gasteiger partial charge in [-0.1, -0.05) is 36.4 Å². The van der Waals surface area contributed by atoms with E-state index in [4.69, 9.17) is 4.74 Å². The molecule has 0 spiro atoms. The molecule has 3 rings (SSSR count). The largest absolute Gasteiger partial charge is 0.497 e. The quantitative estimate of drug-likeness (QED) is 0.754. The average molecular weight is 323 g/mol. The van der Waals surface area contributed by atoms with E-state index in [1.54, 1.807) is 32.2 Å². The van der Waals surface area contributed by atoms with Crippen LogP contribution in [0.5, 0.6) is 5.75 Å². The fraction of sp³-hybridized carbons (Fsp3) is 0.150. The van der Waals surface area contributed by atoms with Crippen LogP contribution in [0.3, 0.4) is 0 Å². The molecule has 122 valence electrons. The van der Waals surface area contributed by atoms with E-state index in [1.165, 1.54) is 6.07 Å². The van der Waals surface area contributed by atoms with Crippen molar-refractivity contribution in [3.8, 4) is 5.75 Å². The first kappa shape index (κ1) is 16.0. The molecule has 4 heteroatoms. The third kappa shape index (κ3) is 3.23. The molecule has 24 heavy (non-hydrogen) atoms. The molecule has 1 amide bonds. The van der Waals surface area contributed by atoms with Gasteiger partial charge >= 0.3 is 0 Å². The van der Waals surface area contributed by atoms with Gasteiger partial charge in [0.2, 0.25) is 5.91 Å². The smallest absolute Gasteiger partial charge is 0.231 e. The van der Waals surface area contributed by atoms with Gasteiger partial charge in [-0.05, 0) is 47.5 Å². The van der Waals surface area contributed by atoms with Crippen LogP contribution in [0.1, 0.15) is 18.4 Å². The Kier molecular flexibility index (Phi) is 4.47. The van der Waals surface area contributed by atoms with Crippen molar-refractivity contribution in [1.29, 1.82) is 0 Å². The Morgan fingerprint density at radius 1 is 1.04 bits per heavy atom. The number of carbonyl (C=O) groups is 1. The van der Waals surface area contributed by atoms with E-state index in [1.807, 2.05) is 36.4 Å². The van der Waals surface area contributed by atoms with Crippen LogP contribution in [-0.2, 0) is 4.79 Å². The zero-order chi connectivity index (χ0) is 17.1. The average Bonchev–Trinajstić information content (AvgIpc) is 2.62. The number of nitrogens with one attached hydrogen (secondary N) is 1. The lowest BCUT2D eigenvalue weighted by molar-refractivity contribution is -0.117. The first-order valence-corrected chi connectivity index (χ1v) is 7.71. The van der Waals surface area contributed by atoms with E-state index < -0.39 is 11.7 Å². The maximum absolute atomic E-state index is 13.7. The van der Waals surface area contributed by atoms with Crippen molar-refractivity contribution in [2.75, 3.05) is 12.4 Å². The molecule has 0 saturated carbocycles. The lowest BCUT2D eigenvalue weighted by Crippen LogP contribution is -2.19. The number of fused-ring (bicyclic) bond motifs is 1. The van der Waals surface area contributed by atoms with Crippen molar-refractivity contribution in [2.45, 2.75) is 12.8 Å². The summed E-state index contributed by atoms with van der Waals surface area (Å²) in [6.45, 7) is 1.81. The Bertz CT molecular complexity index is 892. The topological polar surface area (TPSA) is 38.3 Å². The number of halogens is 1. The van der Waals surface area contributed by atoms with Crippen molar-refractivity contribution >= 4 is 22.4 Å².